The van der Waals surface area contributed by atoms with Gasteiger partial charge in [-0.2, -0.15) is 0 Å². The summed E-state index contributed by atoms with van der Waals surface area (Å²) in [5.74, 6) is 0.547. The molecule has 0 spiro atoms. The molecule has 5 aromatic rings. The molecule has 8 nitrogen and oxygen atoms in total. The van der Waals surface area contributed by atoms with Crippen molar-refractivity contribution in [3.05, 3.63) is 87.7 Å². The molecule has 2 fully saturated rings. The van der Waals surface area contributed by atoms with Gasteiger partial charge in [0.25, 0.3) is 5.56 Å². The van der Waals surface area contributed by atoms with E-state index in [0.29, 0.717) is 16.4 Å². The second-order valence-electron chi connectivity index (χ2n) is 11.0. The van der Waals surface area contributed by atoms with E-state index in [1.807, 2.05) is 18.2 Å². The quantitative estimate of drug-likeness (QED) is 0.246. The van der Waals surface area contributed by atoms with Crippen LogP contribution >= 0.6 is 11.6 Å². The monoisotopic (exact) mass is 568 g/mol. The molecule has 4 heterocycles. The van der Waals surface area contributed by atoms with Gasteiger partial charge < -0.3 is 24.9 Å². The number of benzene rings is 3. The van der Waals surface area contributed by atoms with E-state index in [-0.39, 0.29) is 11.6 Å². The number of H-pyrrole nitrogens is 2. The van der Waals surface area contributed by atoms with Crippen LogP contribution in [0.25, 0.3) is 33.3 Å². The van der Waals surface area contributed by atoms with Gasteiger partial charge in [-0.15, -0.1) is 0 Å². The molecule has 210 valence electrons. The van der Waals surface area contributed by atoms with Gasteiger partial charge in [0.15, 0.2) is 0 Å². The average Bonchev–Trinajstić information content (AvgIpc) is 3.42. The van der Waals surface area contributed by atoms with E-state index in [9.17, 15) is 4.79 Å². The van der Waals surface area contributed by atoms with E-state index >= 15 is 0 Å². The molecule has 0 radical (unpaired) electrons. The van der Waals surface area contributed by atoms with Crippen LogP contribution < -0.4 is 15.8 Å². The number of anilines is 2. The van der Waals surface area contributed by atoms with E-state index in [1.54, 1.807) is 6.07 Å². The molecule has 0 aliphatic carbocycles. The fourth-order valence-electron chi connectivity index (χ4n) is 6.06. The SMILES string of the molecule is O=c1[nH]c2ccc(Cl)cc2c(NC2CCN(Cc3ccccc3)CC2)c1-c1nc2ccc(N3CCOCC3)cc2[nH]1. The van der Waals surface area contributed by atoms with Gasteiger partial charge in [-0.3, -0.25) is 9.69 Å². The third-order valence-corrected chi connectivity index (χ3v) is 8.47. The maximum atomic E-state index is 13.6. The number of hydrogen-bond donors (Lipinski definition) is 3. The Balaban J connectivity index is 1.21. The number of imidazole rings is 1. The molecule has 2 saturated heterocycles. The topological polar surface area (TPSA) is 89.3 Å². The van der Waals surface area contributed by atoms with Crippen LogP contribution in [0.1, 0.15) is 18.4 Å². The highest BCUT2D eigenvalue weighted by atomic mass is 35.5. The number of fused-ring (bicyclic) bond motifs is 2. The largest absolute Gasteiger partial charge is 0.381 e. The Morgan fingerprint density at radius 3 is 2.54 bits per heavy atom. The lowest BCUT2D eigenvalue weighted by Crippen LogP contribution is -2.39. The second-order valence-corrected chi connectivity index (χ2v) is 11.4. The van der Waals surface area contributed by atoms with Crippen molar-refractivity contribution in [2.45, 2.75) is 25.4 Å². The van der Waals surface area contributed by atoms with Crippen molar-refractivity contribution in [2.24, 2.45) is 0 Å². The number of piperidine rings is 1. The number of nitrogens with one attached hydrogen (secondary N) is 3. The molecule has 2 aliphatic rings. The predicted molar refractivity (Wildman–Crippen MR) is 166 cm³/mol. The van der Waals surface area contributed by atoms with Gasteiger partial charge in [-0.05, 0) is 54.8 Å². The van der Waals surface area contributed by atoms with Crippen LogP contribution in [0.2, 0.25) is 5.02 Å². The van der Waals surface area contributed by atoms with Gasteiger partial charge in [-0.1, -0.05) is 41.9 Å². The zero-order valence-corrected chi connectivity index (χ0v) is 23.6. The molecular weight excluding hydrogens is 536 g/mol. The number of rotatable bonds is 6. The summed E-state index contributed by atoms with van der Waals surface area (Å²) in [4.78, 5) is 29.8. The fourth-order valence-corrected chi connectivity index (χ4v) is 6.23. The van der Waals surface area contributed by atoms with Crippen LogP contribution in [0.15, 0.2) is 71.5 Å². The van der Waals surface area contributed by atoms with Crippen molar-refractivity contribution in [3.63, 3.8) is 0 Å². The van der Waals surface area contributed by atoms with E-state index in [2.05, 4.69) is 67.5 Å². The molecule has 2 aliphatic heterocycles. The van der Waals surface area contributed by atoms with Crippen molar-refractivity contribution >= 4 is 44.9 Å². The third-order valence-electron chi connectivity index (χ3n) is 8.24. The minimum absolute atomic E-state index is 0.184. The Kier molecular flexibility index (Phi) is 7.12. The van der Waals surface area contributed by atoms with Gasteiger partial charge in [0.05, 0.1) is 35.5 Å². The second kappa shape index (κ2) is 11.2. The Morgan fingerprint density at radius 2 is 1.73 bits per heavy atom. The number of aromatic amines is 2. The summed E-state index contributed by atoms with van der Waals surface area (Å²) in [6.07, 6.45) is 1.95. The average molecular weight is 569 g/mol. The zero-order chi connectivity index (χ0) is 27.8. The first-order chi connectivity index (χ1) is 20.1. The van der Waals surface area contributed by atoms with Crippen molar-refractivity contribution in [2.75, 3.05) is 49.6 Å². The molecule has 0 bridgehead atoms. The molecule has 0 saturated carbocycles. The highest BCUT2D eigenvalue weighted by Gasteiger charge is 2.24. The summed E-state index contributed by atoms with van der Waals surface area (Å²) in [6.45, 7) is 6.08. The number of ether oxygens (including phenoxy) is 1. The molecule has 0 unspecified atom stereocenters. The van der Waals surface area contributed by atoms with Crippen molar-refractivity contribution in [1.82, 2.24) is 19.9 Å². The van der Waals surface area contributed by atoms with Gasteiger partial charge in [0.2, 0.25) is 0 Å². The maximum absolute atomic E-state index is 13.6. The van der Waals surface area contributed by atoms with Crippen LogP contribution in [-0.4, -0.2) is 65.3 Å². The summed E-state index contributed by atoms with van der Waals surface area (Å²) in [5.41, 5.74) is 6.02. The minimum atomic E-state index is -0.184. The number of halogens is 1. The third kappa shape index (κ3) is 5.43. The smallest absolute Gasteiger partial charge is 0.261 e. The molecule has 0 amide bonds. The van der Waals surface area contributed by atoms with Gasteiger partial charge in [0.1, 0.15) is 11.4 Å². The van der Waals surface area contributed by atoms with Crippen molar-refractivity contribution in [3.8, 4) is 11.4 Å². The standard InChI is InChI=1S/C32H33ClN6O2/c33-22-6-8-26-25(18-22)30(34-23-10-12-38(13-11-23)20-21-4-2-1-3-5-21)29(32(40)37-26)31-35-27-9-7-24(19-28(27)36-31)39-14-16-41-17-15-39/h1-9,18-19,23H,10-17,20H2,(H,35,36)(H2,34,37,40). The Labute approximate surface area is 243 Å². The normalized spacial score (nSPS) is 17.0. The lowest BCUT2D eigenvalue weighted by molar-refractivity contribution is 0.122. The first-order valence-corrected chi connectivity index (χ1v) is 14.7. The van der Waals surface area contributed by atoms with Crippen LogP contribution in [0.5, 0.6) is 0 Å². The zero-order valence-electron chi connectivity index (χ0n) is 22.8. The first kappa shape index (κ1) is 26.1. The van der Waals surface area contributed by atoms with Crippen molar-refractivity contribution < 1.29 is 4.74 Å². The highest BCUT2D eigenvalue weighted by Crippen LogP contribution is 2.34. The van der Waals surface area contributed by atoms with E-state index in [0.717, 1.165) is 92.1 Å². The molecule has 9 heteroatoms. The van der Waals surface area contributed by atoms with Gasteiger partial charge in [-0.25, -0.2) is 4.98 Å². The summed E-state index contributed by atoms with van der Waals surface area (Å²) in [6, 6.07) is 22.6. The lowest BCUT2D eigenvalue weighted by atomic mass is 10.0. The lowest BCUT2D eigenvalue weighted by Gasteiger charge is -2.33. The molecule has 3 N–H and O–H groups in total. The summed E-state index contributed by atoms with van der Waals surface area (Å²) < 4.78 is 5.52. The number of likely N-dealkylation sites (tertiary alicyclic amines) is 1. The maximum Gasteiger partial charge on any atom is 0.261 e. The summed E-state index contributed by atoms with van der Waals surface area (Å²) in [5, 5.41) is 5.27. The number of morpholine rings is 1. The van der Waals surface area contributed by atoms with Gasteiger partial charge >= 0.3 is 0 Å². The summed E-state index contributed by atoms with van der Waals surface area (Å²) >= 11 is 6.46. The number of hydrogen-bond acceptors (Lipinski definition) is 6. The molecule has 41 heavy (non-hydrogen) atoms. The summed E-state index contributed by atoms with van der Waals surface area (Å²) in [7, 11) is 0. The first-order valence-electron chi connectivity index (χ1n) is 14.3. The minimum Gasteiger partial charge on any atom is -0.381 e. The Hall–Kier alpha value is -3.85. The Morgan fingerprint density at radius 1 is 0.927 bits per heavy atom. The molecule has 0 atom stereocenters. The molecular formula is C32H33ClN6O2. The number of aromatic nitrogens is 3. The van der Waals surface area contributed by atoms with Crippen LogP contribution in [0.4, 0.5) is 11.4 Å². The van der Waals surface area contributed by atoms with Crippen LogP contribution in [-0.2, 0) is 11.3 Å². The predicted octanol–water partition coefficient (Wildman–Crippen LogP) is 5.64. The fraction of sp³-hybridized carbons (Fsp3) is 0.312. The highest BCUT2D eigenvalue weighted by molar-refractivity contribution is 6.31. The molecule has 3 aromatic carbocycles. The van der Waals surface area contributed by atoms with Crippen LogP contribution in [0, 0.1) is 0 Å². The number of nitrogens with zero attached hydrogens (tertiary/aromatic N) is 3. The van der Waals surface area contributed by atoms with E-state index in [4.69, 9.17) is 21.3 Å². The molecule has 2 aromatic heterocycles. The number of pyridine rings is 1. The van der Waals surface area contributed by atoms with E-state index in [1.165, 1.54) is 5.56 Å². The van der Waals surface area contributed by atoms with Crippen molar-refractivity contribution in [1.29, 1.82) is 0 Å². The van der Waals surface area contributed by atoms with E-state index < -0.39 is 0 Å². The molecule has 7 rings (SSSR count). The van der Waals surface area contributed by atoms with Crippen LogP contribution in [0.3, 0.4) is 0 Å². The Bertz CT molecular complexity index is 1740. The van der Waals surface area contributed by atoms with Gasteiger partial charge in [0, 0.05) is 54.9 Å².